The van der Waals surface area contributed by atoms with Crippen molar-refractivity contribution in [1.29, 1.82) is 0 Å². The first-order valence-corrected chi connectivity index (χ1v) is 11.5. The van der Waals surface area contributed by atoms with Crippen molar-refractivity contribution < 1.29 is 17.6 Å². The molecule has 0 N–H and O–H groups in total. The molecule has 0 saturated carbocycles. The predicted octanol–water partition coefficient (Wildman–Crippen LogP) is 3.98. The third kappa shape index (κ3) is 3.75. The van der Waals surface area contributed by atoms with Gasteiger partial charge in [0.15, 0.2) is 0 Å². The number of nitrogens with zero attached hydrogens (tertiary/aromatic N) is 2. The van der Waals surface area contributed by atoms with Crippen molar-refractivity contribution in [1.82, 2.24) is 4.90 Å². The largest absolute Gasteiger partial charge is 0.339 e. The summed E-state index contributed by atoms with van der Waals surface area (Å²) in [6, 6.07) is 9.87. The second kappa shape index (κ2) is 7.78. The Balaban J connectivity index is 1.64. The first kappa shape index (κ1) is 19.9. The molecule has 1 saturated heterocycles. The van der Waals surface area contributed by atoms with Crippen molar-refractivity contribution >= 4 is 21.6 Å². The first-order valence-electron chi connectivity index (χ1n) is 10.1. The van der Waals surface area contributed by atoms with E-state index in [0.29, 0.717) is 17.7 Å². The molecule has 154 valence electrons. The fraction of sp³-hybridized carbons (Fsp3) is 0.409. The fourth-order valence-corrected chi connectivity index (χ4v) is 5.97. The van der Waals surface area contributed by atoms with Crippen molar-refractivity contribution in [2.24, 2.45) is 0 Å². The van der Waals surface area contributed by atoms with Gasteiger partial charge in [0.05, 0.1) is 10.6 Å². The zero-order valence-electron chi connectivity index (χ0n) is 16.5. The molecule has 0 spiro atoms. The molecule has 2 heterocycles. The third-order valence-corrected chi connectivity index (χ3v) is 7.69. The minimum absolute atomic E-state index is 0.0159. The maximum Gasteiger partial charge on any atom is 0.264 e. The van der Waals surface area contributed by atoms with Crippen LogP contribution in [-0.4, -0.2) is 38.4 Å². The Labute approximate surface area is 171 Å². The Bertz CT molecular complexity index is 1010. The van der Waals surface area contributed by atoms with Crippen molar-refractivity contribution in [2.45, 2.75) is 50.0 Å². The molecule has 0 bridgehead atoms. The Hall–Kier alpha value is -2.41. The molecule has 0 aliphatic carbocycles. The van der Waals surface area contributed by atoms with Gasteiger partial charge in [-0.25, -0.2) is 12.8 Å². The van der Waals surface area contributed by atoms with Gasteiger partial charge >= 0.3 is 0 Å². The van der Waals surface area contributed by atoms with Crippen LogP contribution in [0.3, 0.4) is 0 Å². The Morgan fingerprint density at radius 1 is 1.00 bits per heavy atom. The summed E-state index contributed by atoms with van der Waals surface area (Å²) in [6.45, 7) is 3.39. The van der Waals surface area contributed by atoms with Crippen LogP contribution in [0.4, 0.5) is 10.1 Å². The van der Waals surface area contributed by atoms with Crippen molar-refractivity contribution in [2.75, 3.05) is 17.4 Å². The van der Waals surface area contributed by atoms with Crippen LogP contribution in [0.25, 0.3) is 0 Å². The summed E-state index contributed by atoms with van der Waals surface area (Å²) < 4.78 is 40.9. The number of sulfonamides is 1. The second-order valence-electron chi connectivity index (χ2n) is 7.86. The van der Waals surface area contributed by atoms with Crippen LogP contribution < -0.4 is 4.31 Å². The summed E-state index contributed by atoms with van der Waals surface area (Å²) >= 11 is 0. The number of amides is 1. The number of rotatable bonds is 3. The molecule has 29 heavy (non-hydrogen) atoms. The minimum Gasteiger partial charge on any atom is -0.339 e. The van der Waals surface area contributed by atoms with Crippen molar-refractivity contribution in [3.8, 4) is 0 Å². The van der Waals surface area contributed by atoms with Gasteiger partial charge in [0.1, 0.15) is 5.82 Å². The molecule has 4 rings (SSSR count). The van der Waals surface area contributed by atoms with E-state index in [4.69, 9.17) is 0 Å². The number of halogens is 1. The molecule has 7 heteroatoms. The van der Waals surface area contributed by atoms with Gasteiger partial charge in [-0.3, -0.25) is 9.10 Å². The summed E-state index contributed by atoms with van der Waals surface area (Å²) in [4.78, 5) is 14.9. The van der Waals surface area contributed by atoms with Gasteiger partial charge in [0.25, 0.3) is 15.9 Å². The monoisotopic (exact) mass is 416 g/mol. The van der Waals surface area contributed by atoms with Crippen molar-refractivity contribution in [3.05, 3.63) is 59.4 Å². The number of benzene rings is 2. The number of anilines is 1. The van der Waals surface area contributed by atoms with Crippen LogP contribution in [0.2, 0.25) is 0 Å². The van der Waals surface area contributed by atoms with Gasteiger partial charge in [-0.1, -0.05) is 12.8 Å². The highest BCUT2D eigenvalue weighted by Crippen LogP contribution is 2.37. The smallest absolute Gasteiger partial charge is 0.264 e. The van der Waals surface area contributed by atoms with Crippen LogP contribution in [0.15, 0.2) is 47.4 Å². The van der Waals surface area contributed by atoms with Gasteiger partial charge in [-0.2, -0.15) is 0 Å². The zero-order valence-corrected chi connectivity index (χ0v) is 17.3. The normalized spacial score (nSPS) is 19.7. The van der Waals surface area contributed by atoms with Crippen LogP contribution in [0, 0.1) is 5.82 Å². The van der Waals surface area contributed by atoms with Gasteiger partial charge in [-0.05, 0) is 74.2 Å². The number of hydrogen-bond acceptors (Lipinski definition) is 3. The average molecular weight is 417 g/mol. The number of hydrogen-bond donors (Lipinski definition) is 0. The molecule has 1 fully saturated rings. The van der Waals surface area contributed by atoms with Gasteiger partial charge in [-0.15, -0.1) is 0 Å². The quantitative estimate of drug-likeness (QED) is 0.760. The number of fused-ring (bicyclic) bond motifs is 1. The lowest BCUT2D eigenvalue weighted by atomic mass is 10.1. The van der Waals surface area contributed by atoms with Crippen LogP contribution in [-0.2, 0) is 16.4 Å². The fourth-order valence-electron chi connectivity index (χ4n) is 4.28. The Kier molecular flexibility index (Phi) is 5.34. The van der Waals surface area contributed by atoms with Crippen molar-refractivity contribution in [3.63, 3.8) is 0 Å². The molecule has 0 unspecified atom stereocenters. The lowest BCUT2D eigenvalue weighted by Crippen LogP contribution is -2.35. The van der Waals surface area contributed by atoms with E-state index in [1.54, 1.807) is 12.1 Å². The van der Waals surface area contributed by atoms with Crippen LogP contribution in [0.5, 0.6) is 0 Å². The lowest BCUT2D eigenvalue weighted by Gasteiger charge is -2.25. The summed E-state index contributed by atoms with van der Waals surface area (Å²) in [5.41, 5.74) is 2.05. The van der Waals surface area contributed by atoms with Crippen LogP contribution >= 0.6 is 0 Å². The molecule has 2 aliphatic rings. The minimum atomic E-state index is -3.81. The lowest BCUT2D eigenvalue weighted by molar-refractivity contribution is 0.0761. The highest BCUT2D eigenvalue weighted by molar-refractivity contribution is 7.92. The SMILES string of the molecule is C[C@H]1Cc2cc(C(=O)N3CCCCCC3)ccc2N1S(=O)(=O)c1ccc(F)cc1. The maximum atomic E-state index is 13.2. The summed E-state index contributed by atoms with van der Waals surface area (Å²) in [7, 11) is -3.81. The van der Waals surface area contributed by atoms with E-state index in [2.05, 4.69) is 0 Å². The summed E-state index contributed by atoms with van der Waals surface area (Å²) in [5, 5.41) is 0. The standard InChI is InChI=1S/C22H25FN2O3S/c1-16-14-18-15-17(22(26)24-12-4-2-3-5-13-24)6-11-21(18)25(16)29(27,28)20-9-7-19(23)8-10-20/h6-11,15-16H,2-5,12-14H2,1H3/t16-/m0/s1. The highest BCUT2D eigenvalue weighted by atomic mass is 32.2. The maximum absolute atomic E-state index is 13.2. The predicted molar refractivity (Wildman–Crippen MR) is 110 cm³/mol. The molecule has 2 aromatic carbocycles. The van der Waals surface area contributed by atoms with E-state index < -0.39 is 15.8 Å². The van der Waals surface area contributed by atoms with Gasteiger partial charge in [0, 0.05) is 24.7 Å². The Morgan fingerprint density at radius 3 is 2.31 bits per heavy atom. The van der Waals surface area contributed by atoms with E-state index >= 15 is 0 Å². The van der Waals surface area contributed by atoms with E-state index in [-0.39, 0.29) is 16.8 Å². The van der Waals surface area contributed by atoms with E-state index in [1.807, 2.05) is 17.9 Å². The molecular weight excluding hydrogens is 391 g/mol. The van der Waals surface area contributed by atoms with E-state index in [9.17, 15) is 17.6 Å². The number of likely N-dealkylation sites (tertiary alicyclic amines) is 1. The third-order valence-electron chi connectivity index (χ3n) is 5.74. The second-order valence-corrected chi connectivity index (χ2v) is 9.67. The van der Waals surface area contributed by atoms with Gasteiger partial charge < -0.3 is 4.90 Å². The first-order chi connectivity index (χ1) is 13.9. The summed E-state index contributed by atoms with van der Waals surface area (Å²) in [6.07, 6.45) is 4.90. The molecule has 0 aromatic heterocycles. The zero-order chi connectivity index (χ0) is 20.6. The highest BCUT2D eigenvalue weighted by Gasteiger charge is 2.36. The number of carbonyl (C=O) groups is 1. The molecule has 5 nitrogen and oxygen atoms in total. The molecule has 2 aromatic rings. The molecular formula is C22H25FN2O3S. The molecule has 2 aliphatic heterocycles. The van der Waals surface area contributed by atoms with E-state index in [1.165, 1.54) is 16.4 Å². The topological polar surface area (TPSA) is 57.7 Å². The summed E-state index contributed by atoms with van der Waals surface area (Å²) in [5.74, 6) is -0.460. The molecule has 1 atom stereocenters. The van der Waals surface area contributed by atoms with Crippen LogP contribution in [0.1, 0.15) is 48.5 Å². The molecule has 1 amide bonds. The van der Waals surface area contributed by atoms with E-state index in [0.717, 1.165) is 56.5 Å². The number of carbonyl (C=O) groups excluding carboxylic acids is 1. The average Bonchev–Trinajstić information content (AvgIpc) is 2.86. The Morgan fingerprint density at radius 2 is 1.66 bits per heavy atom. The molecule has 0 radical (unpaired) electrons. The van der Waals surface area contributed by atoms with Gasteiger partial charge in [0.2, 0.25) is 0 Å².